The predicted octanol–water partition coefficient (Wildman–Crippen LogP) is 3.90. The first-order valence-corrected chi connectivity index (χ1v) is 6.37. The van der Waals surface area contributed by atoms with Gasteiger partial charge in [-0.3, -0.25) is 0 Å². The zero-order chi connectivity index (χ0) is 13.8. The molecule has 2 rings (SSSR count). The smallest absolute Gasteiger partial charge is 0.337 e. The highest BCUT2D eigenvalue weighted by Gasteiger charge is 2.09. The van der Waals surface area contributed by atoms with E-state index in [0.29, 0.717) is 11.3 Å². The Morgan fingerprint density at radius 3 is 2.74 bits per heavy atom. The van der Waals surface area contributed by atoms with Crippen molar-refractivity contribution in [2.75, 3.05) is 5.32 Å². The summed E-state index contributed by atoms with van der Waals surface area (Å²) in [5.74, 6) is -1.35. The molecule has 98 valence electrons. The maximum absolute atomic E-state index is 13.6. The van der Waals surface area contributed by atoms with Crippen molar-refractivity contribution in [3.8, 4) is 0 Å². The van der Waals surface area contributed by atoms with Crippen LogP contribution in [0.3, 0.4) is 0 Å². The van der Waals surface area contributed by atoms with Crippen LogP contribution < -0.4 is 5.32 Å². The fourth-order valence-electron chi connectivity index (χ4n) is 1.69. The number of nitrogens with one attached hydrogen (secondary N) is 1. The SMILES string of the molecule is O=C(O)c1ccccc1NCc1cc(Br)ccc1F. The summed E-state index contributed by atoms with van der Waals surface area (Å²) in [5, 5.41) is 12.0. The molecule has 3 nitrogen and oxygen atoms in total. The molecule has 0 aliphatic carbocycles. The molecule has 5 heteroatoms. The molecule has 2 aromatic carbocycles. The normalized spacial score (nSPS) is 10.2. The lowest BCUT2D eigenvalue weighted by atomic mass is 10.1. The third kappa shape index (κ3) is 3.32. The van der Waals surface area contributed by atoms with Crippen molar-refractivity contribution >= 4 is 27.6 Å². The van der Waals surface area contributed by atoms with E-state index in [4.69, 9.17) is 5.11 Å². The summed E-state index contributed by atoms with van der Waals surface area (Å²) in [5.41, 5.74) is 1.10. The van der Waals surface area contributed by atoms with Crippen LogP contribution in [0.1, 0.15) is 15.9 Å². The lowest BCUT2D eigenvalue weighted by molar-refractivity contribution is 0.0698. The first kappa shape index (κ1) is 13.5. The van der Waals surface area contributed by atoms with Gasteiger partial charge in [0.2, 0.25) is 0 Å². The molecule has 0 aliphatic rings. The van der Waals surface area contributed by atoms with E-state index >= 15 is 0 Å². The van der Waals surface area contributed by atoms with Crippen LogP contribution in [0.4, 0.5) is 10.1 Å². The highest BCUT2D eigenvalue weighted by Crippen LogP contribution is 2.19. The van der Waals surface area contributed by atoms with Crippen LogP contribution in [0.15, 0.2) is 46.9 Å². The van der Waals surface area contributed by atoms with E-state index in [9.17, 15) is 9.18 Å². The molecule has 0 saturated heterocycles. The standard InChI is InChI=1S/C14H11BrFNO2/c15-10-5-6-12(16)9(7-10)8-17-13-4-2-1-3-11(13)14(18)19/h1-7,17H,8H2,(H,18,19). The maximum atomic E-state index is 13.6. The lowest BCUT2D eigenvalue weighted by Gasteiger charge is -2.10. The number of carbonyl (C=O) groups is 1. The largest absolute Gasteiger partial charge is 0.478 e. The summed E-state index contributed by atoms with van der Waals surface area (Å²) in [6.45, 7) is 0.218. The molecule has 0 amide bonds. The van der Waals surface area contributed by atoms with Gasteiger partial charge in [-0.2, -0.15) is 0 Å². The average molecular weight is 324 g/mol. The molecule has 0 unspecified atom stereocenters. The predicted molar refractivity (Wildman–Crippen MR) is 74.8 cm³/mol. The molecule has 0 aromatic heterocycles. The van der Waals surface area contributed by atoms with Crippen molar-refractivity contribution in [3.63, 3.8) is 0 Å². The van der Waals surface area contributed by atoms with Crippen LogP contribution >= 0.6 is 15.9 Å². The number of halogens is 2. The number of carboxylic acid groups (broad SMARTS) is 1. The summed E-state index contributed by atoms with van der Waals surface area (Å²) >= 11 is 3.27. The van der Waals surface area contributed by atoms with Crippen molar-refractivity contribution in [1.29, 1.82) is 0 Å². The van der Waals surface area contributed by atoms with Gasteiger partial charge in [0.05, 0.1) is 5.56 Å². The van der Waals surface area contributed by atoms with E-state index < -0.39 is 5.97 Å². The summed E-state index contributed by atoms with van der Waals surface area (Å²) < 4.78 is 14.3. The Balaban J connectivity index is 2.19. The molecule has 19 heavy (non-hydrogen) atoms. The topological polar surface area (TPSA) is 49.3 Å². The van der Waals surface area contributed by atoms with Gasteiger partial charge in [0.25, 0.3) is 0 Å². The van der Waals surface area contributed by atoms with E-state index in [1.54, 1.807) is 30.3 Å². The zero-order valence-corrected chi connectivity index (χ0v) is 11.4. The second kappa shape index (κ2) is 5.84. The third-order valence-corrected chi connectivity index (χ3v) is 3.13. The highest BCUT2D eigenvalue weighted by molar-refractivity contribution is 9.10. The van der Waals surface area contributed by atoms with Gasteiger partial charge in [-0.05, 0) is 30.3 Å². The molecular weight excluding hydrogens is 313 g/mol. The molecule has 0 heterocycles. The molecule has 0 fully saturated rings. The first-order valence-electron chi connectivity index (χ1n) is 5.58. The molecule has 0 bridgehead atoms. The fraction of sp³-hybridized carbons (Fsp3) is 0.0714. The molecule has 0 aliphatic heterocycles. The number of para-hydroxylation sites is 1. The van der Waals surface area contributed by atoms with Gasteiger partial charge >= 0.3 is 5.97 Å². The number of rotatable bonds is 4. The summed E-state index contributed by atoms with van der Waals surface area (Å²) in [6, 6.07) is 11.2. The van der Waals surface area contributed by atoms with E-state index in [0.717, 1.165) is 4.47 Å². The monoisotopic (exact) mass is 323 g/mol. The molecule has 0 atom stereocenters. The Hall–Kier alpha value is -1.88. The van der Waals surface area contributed by atoms with Gasteiger partial charge in [0, 0.05) is 22.3 Å². The molecular formula is C14H11BrFNO2. The van der Waals surface area contributed by atoms with Crippen molar-refractivity contribution < 1.29 is 14.3 Å². The van der Waals surface area contributed by atoms with Gasteiger partial charge in [-0.1, -0.05) is 28.1 Å². The second-order valence-corrected chi connectivity index (χ2v) is 4.86. The van der Waals surface area contributed by atoms with Gasteiger partial charge in [-0.15, -0.1) is 0 Å². The number of carboxylic acids is 1. The zero-order valence-electron chi connectivity index (χ0n) is 9.86. The molecule has 0 radical (unpaired) electrons. The van der Waals surface area contributed by atoms with Crippen LogP contribution in [0.2, 0.25) is 0 Å². The van der Waals surface area contributed by atoms with E-state index in [-0.39, 0.29) is 17.9 Å². The Labute approximate surface area is 118 Å². The van der Waals surface area contributed by atoms with Crippen molar-refractivity contribution in [3.05, 3.63) is 63.9 Å². The Morgan fingerprint density at radius 1 is 1.26 bits per heavy atom. The van der Waals surface area contributed by atoms with Crippen LogP contribution in [-0.2, 0) is 6.54 Å². The van der Waals surface area contributed by atoms with E-state index in [1.165, 1.54) is 12.1 Å². The van der Waals surface area contributed by atoms with Gasteiger partial charge in [0.1, 0.15) is 5.82 Å². The molecule has 0 saturated carbocycles. The Kier molecular flexibility index (Phi) is 4.16. The maximum Gasteiger partial charge on any atom is 0.337 e. The van der Waals surface area contributed by atoms with Crippen molar-refractivity contribution in [2.45, 2.75) is 6.54 Å². The highest BCUT2D eigenvalue weighted by atomic mass is 79.9. The van der Waals surface area contributed by atoms with Gasteiger partial charge in [0.15, 0.2) is 0 Å². The Bertz CT molecular complexity index is 616. The second-order valence-electron chi connectivity index (χ2n) is 3.94. The molecule has 2 aromatic rings. The lowest BCUT2D eigenvalue weighted by Crippen LogP contribution is -2.07. The average Bonchev–Trinajstić information content (AvgIpc) is 2.40. The van der Waals surface area contributed by atoms with Crippen LogP contribution in [0, 0.1) is 5.82 Å². The molecule has 0 spiro atoms. The number of aromatic carboxylic acids is 1. The van der Waals surface area contributed by atoms with E-state index in [1.807, 2.05) is 0 Å². The summed E-state index contributed by atoms with van der Waals surface area (Å²) in [7, 11) is 0. The van der Waals surface area contributed by atoms with Crippen LogP contribution in [0.25, 0.3) is 0 Å². The number of hydrogen-bond acceptors (Lipinski definition) is 2. The summed E-state index contributed by atoms with van der Waals surface area (Å²) in [6.07, 6.45) is 0. The third-order valence-electron chi connectivity index (χ3n) is 2.63. The van der Waals surface area contributed by atoms with Crippen molar-refractivity contribution in [1.82, 2.24) is 0 Å². The first-order chi connectivity index (χ1) is 9.08. The van der Waals surface area contributed by atoms with Crippen LogP contribution in [-0.4, -0.2) is 11.1 Å². The molecule has 2 N–H and O–H groups in total. The van der Waals surface area contributed by atoms with Crippen molar-refractivity contribution in [2.24, 2.45) is 0 Å². The summed E-state index contributed by atoms with van der Waals surface area (Å²) in [4.78, 5) is 11.0. The Morgan fingerprint density at radius 2 is 2.00 bits per heavy atom. The van der Waals surface area contributed by atoms with Gasteiger partial charge in [-0.25, -0.2) is 9.18 Å². The van der Waals surface area contributed by atoms with E-state index in [2.05, 4.69) is 21.2 Å². The number of anilines is 1. The minimum absolute atomic E-state index is 0.165. The minimum Gasteiger partial charge on any atom is -0.478 e. The number of benzene rings is 2. The fourth-order valence-corrected chi connectivity index (χ4v) is 2.10. The van der Waals surface area contributed by atoms with Crippen LogP contribution in [0.5, 0.6) is 0 Å². The minimum atomic E-state index is -1.02. The van der Waals surface area contributed by atoms with Gasteiger partial charge < -0.3 is 10.4 Å². The quantitative estimate of drug-likeness (QED) is 0.897. The number of hydrogen-bond donors (Lipinski definition) is 2.